The average Bonchev–Trinajstić information content (AvgIpc) is 3.24. The molecule has 0 spiro atoms. The molecule has 2 aromatic heterocycles. The molecule has 1 fully saturated rings. The van der Waals surface area contributed by atoms with Gasteiger partial charge in [-0.3, -0.25) is 19.8 Å². The Kier molecular flexibility index (Phi) is 10.7. The zero-order chi connectivity index (χ0) is 29.5. The van der Waals surface area contributed by atoms with Crippen LogP contribution in [-0.2, 0) is 11.3 Å². The number of aromatic amines is 1. The Bertz CT molecular complexity index is 1420. The maximum atomic E-state index is 13.5. The first-order valence-electron chi connectivity index (χ1n) is 14.9. The molecule has 1 aromatic carbocycles. The van der Waals surface area contributed by atoms with Crippen LogP contribution < -0.4 is 16.3 Å². The molecule has 4 rings (SSSR count). The summed E-state index contributed by atoms with van der Waals surface area (Å²) >= 11 is 1.85. The summed E-state index contributed by atoms with van der Waals surface area (Å²) in [6.45, 7) is 12.0. The average molecular weight is 580 g/mol. The van der Waals surface area contributed by atoms with Crippen LogP contribution in [0.3, 0.4) is 0 Å². The predicted molar refractivity (Wildman–Crippen MR) is 168 cm³/mol. The minimum Gasteiger partial charge on any atom is -0.348 e. The molecule has 222 valence electrons. The maximum Gasteiger partial charge on any atom is 0.254 e. The van der Waals surface area contributed by atoms with Crippen LogP contribution in [0.2, 0.25) is 0 Å². The summed E-state index contributed by atoms with van der Waals surface area (Å²) in [5.41, 5.74) is 7.83. The van der Waals surface area contributed by atoms with Crippen molar-refractivity contribution >= 4 is 34.5 Å². The van der Waals surface area contributed by atoms with Crippen molar-refractivity contribution in [1.82, 2.24) is 25.3 Å². The van der Waals surface area contributed by atoms with Crippen molar-refractivity contribution in [3.63, 3.8) is 0 Å². The van der Waals surface area contributed by atoms with Crippen LogP contribution in [-0.4, -0.2) is 51.0 Å². The molecule has 0 unspecified atom stereocenters. The highest BCUT2D eigenvalue weighted by molar-refractivity contribution is 7.99. The van der Waals surface area contributed by atoms with E-state index in [1.54, 1.807) is 0 Å². The standard InChI is InChI=1S/C32H45N5O3S/c1-6-7-17-41-18-14-29(38)35-36-15-12-25(13-16-36)23(4)37-24(5)30(26-10-8-9-11-28(26)37)32(40)33-20-27-21(2)19-22(3)34-31(27)39/h8-11,19,23,25H,6-7,12-18,20H2,1-5H3,(H,33,40)(H,34,39)(H,35,38)/t23-/m0/s1. The van der Waals surface area contributed by atoms with Crippen LogP contribution in [0, 0.1) is 26.7 Å². The van der Waals surface area contributed by atoms with E-state index in [9.17, 15) is 14.4 Å². The van der Waals surface area contributed by atoms with Crippen LogP contribution in [0.5, 0.6) is 0 Å². The van der Waals surface area contributed by atoms with Gasteiger partial charge in [0.25, 0.3) is 11.5 Å². The lowest BCUT2D eigenvalue weighted by molar-refractivity contribution is -0.126. The number of fused-ring (bicyclic) bond motifs is 1. The monoisotopic (exact) mass is 579 g/mol. The number of carbonyl (C=O) groups is 2. The van der Waals surface area contributed by atoms with E-state index in [1.165, 1.54) is 12.8 Å². The summed E-state index contributed by atoms with van der Waals surface area (Å²) in [7, 11) is 0. The van der Waals surface area contributed by atoms with Gasteiger partial charge >= 0.3 is 0 Å². The number of amides is 2. The highest BCUT2D eigenvalue weighted by Gasteiger charge is 2.29. The lowest BCUT2D eigenvalue weighted by Crippen LogP contribution is -2.47. The number of nitrogens with zero attached hydrogens (tertiary/aromatic N) is 2. The molecule has 0 radical (unpaired) electrons. The van der Waals surface area contributed by atoms with Crippen molar-refractivity contribution in [1.29, 1.82) is 0 Å². The van der Waals surface area contributed by atoms with Gasteiger partial charge in [0.05, 0.1) is 5.56 Å². The minimum atomic E-state index is -0.172. The van der Waals surface area contributed by atoms with E-state index in [2.05, 4.69) is 45.2 Å². The van der Waals surface area contributed by atoms with Crippen molar-refractivity contribution in [2.75, 3.05) is 24.6 Å². The summed E-state index contributed by atoms with van der Waals surface area (Å²) < 4.78 is 2.31. The molecule has 1 atom stereocenters. The van der Waals surface area contributed by atoms with Crippen molar-refractivity contribution < 1.29 is 9.59 Å². The van der Waals surface area contributed by atoms with Gasteiger partial charge in [-0.05, 0) is 76.3 Å². The van der Waals surface area contributed by atoms with E-state index >= 15 is 0 Å². The molecule has 1 saturated heterocycles. The first-order valence-corrected chi connectivity index (χ1v) is 16.1. The summed E-state index contributed by atoms with van der Waals surface area (Å²) in [5, 5.41) is 6.00. The molecule has 1 aliphatic heterocycles. The molecular formula is C32H45N5O3S. The smallest absolute Gasteiger partial charge is 0.254 e. The number of para-hydroxylation sites is 1. The molecule has 1 aliphatic rings. The van der Waals surface area contributed by atoms with Crippen LogP contribution >= 0.6 is 11.8 Å². The fraction of sp³-hybridized carbons (Fsp3) is 0.531. The Morgan fingerprint density at radius 1 is 1.12 bits per heavy atom. The minimum absolute atomic E-state index is 0.103. The van der Waals surface area contributed by atoms with E-state index in [0.717, 1.165) is 65.3 Å². The number of aromatic nitrogens is 2. The van der Waals surface area contributed by atoms with Crippen molar-refractivity contribution in [3.8, 4) is 0 Å². The third-order valence-electron chi connectivity index (χ3n) is 8.33. The van der Waals surface area contributed by atoms with Crippen LogP contribution in [0.25, 0.3) is 10.9 Å². The highest BCUT2D eigenvalue weighted by Crippen LogP contribution is 2.35. The van der Waals surface area contributed by atoms with Gasteiger partial charge in [-0.2, -0.15) is 11.8 Å². The quantitative estimate of drug-likeness (QED) is 0.249. The summed E-state index contributed by atoms with van der Waals surface area (Å²) in [6, 6.07) is 10.2. The third kappa shape index (κ3) is 7.43. The number of hydrazine groups is 1. The Balaban J connectivity index is 1.42. The third-order valence-corrected chi connectivity index (χ3v) is 9.40. The summed E-state index contributed by atoms with van der Waals surface area (Å²) in [6.07, 6.45) is 4.89. The molecule has 8 nitrogen and oxygen atoms in total. The molecule has 0 saturated carbocycles. The highest BCUT2D eigenvalue weighted by atomic mass is 32.2. The lowest BCUT2D eigenvalue weighted by Gasteiger charge is -2.36. The Labute approximate surface area is 247 Å². The molecule has 41 heavy (non-hydrogen) atoms. The molecule has 3 heterocycles. The largest absolute Gasteiger partial charge is 0.348 e. The predicted octanol–water partition coefficient (Wildman–Crippen LogP) is 5.41. The molecular weight excluding hydrogens is 534 g/mol. The van der Waals surface area contributed by atoms with Crippen LogP contribution in [0.15, 0.2) is 35.1 Å². The molecule has 3 N–H and O–H groups in total. The summed E-state index contributed by atoms with van der Waals surface area (Å²) in [5.74, 6) is 2.35. The van der Waals surface area contributed by atoms with Crippen LogP contribution in [0.4, 0.5) is 0 Å². The van der Waals surface area contributed by atoms with Gasteiger partial charge in [0.15, 0.2) is 0 Å². The number of piperidine rings is 1. The van der Waals surface area contributed by atoms with E-state index < -0.39 is 0 Å². The fourth-order valence-electron chi connectivity index (χ4n) is 6.01. The second kappa shape index (κ2) is 14.2. The van der Waals surface area contributed by atoms with E-state index in [1.807, 2.05) is 56.8 Å². The number of hydrogen-bond acceptors (Lipinski definition) is 5. The number of benzene rings is 1. The molecule has 9 heteroatoms. The SMILES string of the molecule is CCCCSCCC(=O)NN1CCC([C@H](C)n2c(C)c(C(=O)NCc3c(C)cc(C)[nH]c3=O)c3ccccc32)CC1. The number of aryl methyl sites for hydroxylation is 2. The number of nitrogens with one attached hydrogen (secondary N) is 3. The number of unbranched alkanes of at least 4 members (excludes halogenated alkanes) is 1. The summed E-state index contributed by atoms with van der Waals surface area (Å²) in [4.78, 5) is 41.3. The Morgan fingerprint density at radius 3 is 2.56 bits per heavy atom. The van der Waals surface area contributed by atoms with Crippen molar-refractivity contribution in [3.05, 3.63) is 68.8 Å². The Morgan fingerprint density at radius 2 is 1.85 bits per heavy atom. The van der Waals surface area contributed by atoms with Gasteiger partial charge in [0.2, 0.25) is 5.91 Å². The number of H-pyrrole nitrogens is 1. The topological polar surface area (TPSA) is 99.2 Å². The first kappa shape index (κ1) is 30.9. The van der Waals surface area contributed by atoms with Crippen molar-refractivity contribution in [2.45, 2.75) is 79.3 Å². The number of pyridine rings is 1. The van der Waals surface area contributed by atoms with Crippen molar-refractivity contribution in [2.24, 2.45) is 5.92 Å². The maximum absolute atomic E-state index is 13.5. The second-order valence-corrected chi connectivity index (χ2v) is 12.5. The van der Waals surface area contributed by atoms with Gasteiger partial charge < -0.3 is 14.9 Å². The zero-order valence-electron chi connectivity index (χ0n) is 25.1. The second-order valence-electron chi connectivity index (χ2n) is 11.3. The van der Waals surface area contributed by atoms with Gasteiger partial charge in [-0.25, -0.2) is 5.01 Å². The number of hydrogen-bond donors (Lipinski definition) is 3. The number of carbonyl (C=O) groups excluding carboxylic acids is 2. The number of rotatable bonds is 12. The van der Waals surface area contributed by atoms with Gasteiger partial charge in [0.1, 0.15) is 0 Å². The van der Waals surface area contributed by atoms with Gasteiger partial charge in [-0.1, -0.05) is 31.5 Å². The zero-order valence-corrected chi connectivity index (χ0v) is 26.0. The van der Waals surface area contributed by atoms with E-state index in [0.29, 0.717) is 23.5 Å². The van der Waals surface area contributed by atoms with E-state index in [-0.39, 0.29) is 30.0 Å². The normalized spacial score (nSPS) is 15.2. The fourth-order valence-corrected chi connectivity index (χ4v) is 7.04. The van der Waals surface area contributed by atoms with Gasteiger partial charge in [0, 0.05) is 65.7 Å². The molecule has 2 amide bonds. The molecule has 3 aromatic rings. The van der Waals surface area contributed by atoms with Crippen LogP contribution in [0.1, 0.15) is 84.9 Å². The molecule has 0 aliphatic carbocycles. The lowest BCUT2D eigenvalue weighted by atomic mass is 9.90. The van der Waals surface area contributed by atoms with E-state index in [4.69, 9.17) is 0 Å². The van der Waals surface area contributed by atoms with Gasteiger partial charge in [-0.15, -0.1) is 0 Å². The number of thioether (sulfide) groups is 1. The Hall–Kier alpha value is -3.04. The first-order chi connectivity index (χ1) is 19.7. The molecule has 0 bridgehead atoms.